The molecule has 0 saturated heterocycles. The summed E-state index contributed by atoms with van der Waals surface area (Å²) in [5, 5.41) is 4.26. The quantitative estimate of drug-likeness (QED) is 0.282. The van der Waals surface area contributed by atoms with Gasteiger partial charge in [-0.2, -0.15) is 0 Å². The van der Waals surface area contributed by atoms with Crippen molar-refractivity contribution in [3.8, 4) is 11.5 Å². The van der Waals surface area contributed by atoms with Crippen LogP contribution in [0, 0.1) is 5.41 Å². The Morgan fingerprint density at radius 3 is 2.60 bits per heavy atom. The molecular formula is C31H37BrN6O2. The van der Waals surface area contributed by atoms with Crippen molar-refractivity contribution in [1.29, 1.82) is 0 Å². The first-order valence-electron chi connectivity index (χ1n) is 14.3. The van der Waals surface area contributed by atoms with E-state index in [4.69, 9.17) is 9.97 Å². The molecule has 6 rings (SSSR count). The van der Waals surface area contributed by atoms with Crippen LogP contribution in [0.3, 0.4) is 0 Å². The maximum absolute atomic E-state index is 13.1. The van der Waals surface area contributed by atoms with Crippen molar-refractivity contribution in [2.75, 3.05) is 13.6 Å². The van der Waals surface area contributed by atoms with E-state index in [0.717, 1.165) is 99.9 Å². The van der Waals surface area contributed by atoms with Gasteiger partial charge in [0.25, 0.3) is 5.91 Å². The highest BCUT2D eigenvalue weighted by Crippen LogP contribution is 2.37. The van der Waals surface area contributed by atoms with Gasteiger partial charge in [-0.25, -0.2) is 9.97 Å². The van der Waals surface area contributed by atoms with Gasteiger partial charge in [0.15, 0.2) is 5.82 Å². The third-order valence-electron chi connectivity index (χ3n) is 8.81. The highest BCUT2D eigenvalue weighted by Gasteiger charge is 2.30. The van der Waals surface area contributed by atoms with Gasteiger partial charge in [-0.15, -0.1) is 0 Å². The van der Waals surface area contributed by atoms with E-state index in [-0.39, 0.29) is 17.9 Å². The Hall–Kier alpha value is -3.20. The van der Waals surface area contributed by atoms with Crippen molar-refractivity contribution in [2.24, 2.45) is 12.5 Å². The molecule has 40 heavy (non-hydrogen) atoms. The molecule has 0 aliphatic carbocycles. The van der Waals surface area contributed by atoms with E-state index >= 15 is 0 Å². The van der Waals surface area contributed by atoms with Crippen molar-refractivity contribution < 1.29 is 9.59 Å². The van der Waals surface area contributed by atoms with E-state index < -0.39 is 5.41 Å². The molecule has 1 aromatic carbocycles. The number of pyridine rings is 1. The van der Waals surface area contributed by atoms with Gasteiger partial charge >= 0.3 is 0 Å². The predicted molar refractivity (Wildman–Crippen MR) is 161 cm³/mol. The Bertz CT molecular complexity index is 1670. The summed E-state index contributed by atoms with van der Waals surface area (Å²) in [7, 11) is 3.90. The van der Waals surface area contributed by atoms with E-state index in [2.05, 4.69) is 42.5 Å². The van der Waals surface area contributed by atoms with E-state index in [1.165, 1.54) is 0 Å². The molecule has 0 spiro atoms. The van der Waals surface area contributed by atoms with Gasteiger partial charge in [-0.1, -0.05) is 33.1 Å². The Balaban J connectivity index is 1.49. The molecule has 9 heteroatoms. The number of hydrogen-bond acceptors (Lipinski definition) is 4. The molecule has 2 amide bonds. The van der Waals surface area contributed by atoms with Crippen molar-refractivity contribution in [2.45, 2.75) is 71.9 Å². The number of carbonyl (C=O) groups excluding carboxylic acids is 2. The lowest BCUT2D eigenvalue weighted by Crippen LogP contribution is -2.38. The number of benzene rings is 1. The van der Waals surface area contributed by atoms with Crippen molar-refractivity contribution in [1.82, 2.24) is 29.3 Å². The first-order valence-corrected chi connectivity index (χ1v) is 15.1. The Kier molecular flexibility index (Phi) is 6.76. The number of hydrogen-bond donors (Lipinski definition) is 1. The van der Waals surface area contributed by atoms with E-state index in [0.29, 0.717) is 6.54 Å². The summed E-state index contributed by atoms with van der Waals surface area (Å²) in [6.45, 7) is 7.62. The minimum Gasteiger partial charge on any atom is -0.348 e. The molecule has 5 heterocycles. The number of rotatable bonds is 1. The maximum Gasteiger partial charge on any atom is 0.254 e. The lowest BCUT2D eigenvalue weighted by molar-refractivity contribution is -0.130. The van der Waals surface area contributed by atoms with Crippen LogP contribution in [0.15, 0.2) is 28.7 Å². The summed E-state index contributed by atoms with van der Waals surface area (Å²) >= 11 is 3.84. The van der Waals surface area contributed by atoms with Crippen LogP contribution in [0.25, 0.3) is 33.6 Å². The number of nitrogens with zero attached hydrogens (tertiary/aromatic N) is 5. The lowest BCUT2D eigenvalue weighted by Gasteiger charge is -2.26. The van der Waals surface area contributed by atoms with Crippen LogP contribution in [-0.4, -0.2) is 49.4 Å². The first kappa shape index (κ1) is 27.0. The fourth-order valence-electron chi connectivity index (χ4n) is 6.18. The summed E-state index contributed by atoms with van der Waals surface area (Å²) in [6, 6.07) is 8.04. The van der Waals surface area contributed by atoms with E-state index in [9.17, 15) is 9.59 Å². The number of aromatic nitrogens is 4. The van der Waals surface area contributed by atoms with Gasteiger partial charge in [0, 0.05) is 48.0 Å². The first-order chi connectivity index (χ1) is 19.1. The zero-order chi connectivity index (χ0) is 28.3. The van der Waals surface area contributed by atoms with Crippen molar-refractivity contribution in [3.63, 3.8) is 0 Å². The van der Waals surface area contributed by atoms with Crippen LogP contribution in [0.4, 0.5) is 0 Å². The van der Waals surface area contributed by atoms with E-state index in [1.54, 1.807) is 4.90 Å². The third-order valence-corrected chi connectivity index (χ3v) is 9.66. The number of imidazole rings is 1. The number of likely N-dealkylation sites (N-methyl/N-ethyl adjacent to an activating group) is 1. The van der Waals surface area contributed by atoms with Gasteiger partial charge in [-0.05, 0) is 71.9 Å². The number of nitrogens with one attached hydrogen (secondary N) is 1. The number of carbonyl (C=O) groups is 2. The highest BCUT2D eigenvalue weighted by molar-refractivity contribution is 9.10. The normalized spacial score (nSPS) is 20.1. The van der Waals surface area contributed by atoms with Crippen LogP contribution in [0.5, 0.6) is 0 Å². The highest BCUT2D eigenvalue weighted by atomic mass is 79.9. The number of amides is 2. The van der Waals surface area contributed by atoms with Gasteiger partial charge < -0.3 is 19.4 Å². The molecule has 2 aliphatic heterocycles. The molecule has 1 unspecified atom stereocenters. The van der Waals surface area contributed by atoms with Gasteiger partial charge in [0.05, 0.1) is 28.5 Å². The second-order valence-electron chi connectivity index (χ2n) is 12.1. The number of aryl methyl sites for hydroxylation is 2. The fraction of sp³-hybridized carbons (Fsp3) is 0.484. The lowest BCUT2D eigenvalue weighted by atomic mass is 9.85. The van der Waals surface area contributed by atoms with Gasteiger partial charge in [0.2, 0.25) is 5.91 Å². The average Bonchev–Trinajstić information content (AvgIpc) is 3.44. The monoisotopic (exact) mass is 604 g/mol. The second kappa shape index (κ2) is 10.0. The van der Waals surface area contributed by atoms with Crippen LogP contribution >= 0.6 is 15.9 Å². The molecule has 0 radical (unpaired) electrons. The summed E-state index contributed by atoms with van der Waals surface area (Å²) in [5.74, 6) is 0.968. The maximum atomic E-state index is 13.1. The van der Waals surface area contributed by atoms with Crippen LogP contribution in [-0.2, 0) is 24.8 Å². The summed E-state index contributed by atoms with van der Waals surface area (Å²) in [4.78, 5) is 38.0. The number of fused-ring (bicyclic) bond motifs is 3. The molecular weight excluding hydrogens is 568 g/mol. The minimum absolute atomic E-state index is 0.0413. The third kappa shape index (κ3) is 4.42. The Morgan fingerprint density at radius 1 is 1.02 bits per heavy atom. The molecule has 4 aromatic rings. The molecule has 2 bridgehead atoms. The fourth-order valence-corrected chi connectivity index (χ4v) is 7.06. The van der Waals surface area contributed by atoms with Gasteiger partial charge in [-0.3, -0.25) is 9.59 Å². The molecule has 0 saturated carbocycles. The summed E-state index contributed by atoms with van der Waals surface area (Å²) in [6.07, 6.45) is 5.91. The Morgan fingerprint density at radius 2 is 1.80 bits per heavy atom. The molecule has 3 aromatic heterocycles. The SMILES string of the molecule is CC1NC(=O)C(C)(C)CCCCCCn2c(-c3nc4cc5c(c(Br)c4n3C)CCN(C)C5=O)cc3ccc1nc32. The number of halogens is 1. The van der Waals surface area contributed by atoms with Crippen LogP contribution in [0.1, 0.15) is 80.5 Å². The van der Waals surface area contributed by atoms with Crippen molar-refractivity contribution >= 4 is 49.8 Å². The Labute approximate surface area is 243 Å². The van der Waals surface area contributed by atoms with Crippen molar-refractivity contribution in [3.05, 3.63) is 45.6 Å². The molecule has 1 N–H and O–H groups in total. The summed E-state index contributed by atoms with van der Waals surface area (Å²) < 4.78 is 5.38. The topological polar surface area (TPSA) is 85.0 Å². The average molecular weight is 606 g/mol. The smallest absolute Gasteiger partial charge is 0.254 e. The van der Waals surface area contributed by atoms with Crippen LogP contribution < -0.4 is 5.32 Å². The second-order valence-corrected chi connectivity index (χ2v) is 12.9. The standard InChI is InChI=1S/C31H37BrN6O2/c1-18-22-11-10-19-16-24(38(27(19)34-22)14-9-7-6-8-13-31(2,3)30(40)33-18)28-35-23-17-21-20(12-15-36(4)29(21)39)25(32)26(23)37(28)5/h10-11,16-18H,6-9,12-15H2,1-5H3,(H,33,40). The molecule has 210 valence electrons. The largest absolute Gasteiger partial charge is 0.348 e. The predicted octanol–water partition coefficient (Wildman–Crippen LogP) is 6.15. The minimum atomic E-state index is -0.399. The molecule has 0 fully saturated rings. The van der Waals surface area contributed by atoms with Gasteiger partial charge in [0.1, 0.15) is 5.65 Å². The molecule has 1 atom stereocenters. The molecule has 8 nitrogen and oxygen atoms in total. The summed E-state index contributed by atoms with van der Waals surface area (Å²) in [5.41, 5.74) is 5.95. The molecule has 2 aliphatic rings. The zero-order valence-corrected chi connectivity index (χ0v) is 25.6. The zero-order valence-electron chi connectivity index (χ0n) is 24.0. The van der Waals surface area contributed by atoms with Crippen LogP contribution in [0.2, 0.25) is 0 Å². The van der Waals surface area contributed by atoms with E-state index in [1.807, 2.05) is 47.0 Å².